The monoisotopic (exact) mass is 526 g/mol. The Kier molecular flexibility index (Phi) is 6.48. The number of nitrogens with zero attached hydrogens (tertiary/aromatic N) is 5. The highest BCUT2D eigenvalue weighted by Gasteiger charge is 2.47. The number of anilines is 2. The summed E-state index contributed by atoms with van der Waals surface area (Å²) in [5.41, 5.74) is -0.679. The Balaban J connectivity index is 1.40. The van der Waals surface area contributed by atoms with Crippen molar-refractivity contribution in [2.45, 2.75) is 70.6 Å². The van der Waals surface area contributed by atoms with Gasteiger partial charge in [0.1, 0.15) is 34.3 Å². The van der Waals surface area contributed by atoms with Crippen LogP contribution in [0, 0.1) is 11.6 Å². The molecule has 0 bridgehead atoms. The van der Waals surface area contributed by atoms with Gasteiger partial charge in [0.25, 0.3) is 0 Å². The van der Waals surface area contributed by atoms with Gasteiger partial charge in [-0.1, -0.05) is 0 Å². The molecule has 0 spiro atoms. The van der Waals surface area contributed by atoms with Crippen molar-refractivity contribution in [2.75, 3.05) is 23.3 Å². The molecule has 3 aromatic rings. The molecule has 2 atom stereocenters. The van der Waals surface area contributed by atoms with Gasteiger partial charge in [-0.05, 0) is 77.6 Å². The predicted molar refractivity (Wildman–Crippen MR) is 138 cm³/mol. The Morgan fingerprint density at radius 2 is 1.95 bits per heavy atom. The van der Waals surface area contributed by atoms with E-state index in [9.17, 15) is 18.4 Å². The van der Waals surface area contributed by atoms with Crippen LogP contribution in [0.25, 0.3) is 5.65 Å². The van der Waals surface area contributed by atoms with Crippen molar-refractivity contribution in [3.05, 3.63) is 53.9 Å². The number of ether oxygens (including phenoxy) is 1. The van der Waals surface area contributed by atoms with E-state index in [2.05, 4.69) is 10.4 Å². The molecule has 5 rings (SSSR count). The lowest BCUT2D eigenvalue weighted by molar-refractivity contribution is -0.125. The second kappa shape index (κ2) is 9.52. The standard InChI is InChI=1S/C27H32F2N6O3/c1-26(2,3)38-25(37)34-13-6-11-27(34,4)24(36)31-20-16-30-35-14-10-22(32-23(20)35)33-12-5-7-21(33)18-15-17(28)8-9-19(18)29/h8-10,14-16,21H,5-7,11-13H2,1-4H3,(H,31,36)/t21-,27-/m1/s1. The number of benzene rings is 1. The molecule has 0 unspecified atom stereocenters. The molecule has 2 amide bonds. The molecule has 0 aliphatic carbocycles. The average Bonchev–Trinajstić information content (AvgIpc) is 3.58. The minimum absolute atomic E-state index is 0.294. The zero-order valence-corrected chi connectivity index (χ0v) is 22.0. The molecular formula is C27H32F2N6O3. The summed E-state index contributed by atoms with van der Waals surface area (Å²) in [6, 6.07) is 4.90. The molecule has 2 fully saturated rings. The molecule has 1 aromatic carbocycles. The lowest BCUT2D eigenvalue weighted by Crippen LogP contribution is -2.54. The van der Waals surface area contributed by atoms with Gasteiger partial charge in [0.05, 0.1) is 12.2 Å². The molecule has 11 heteroatoms. The van der Waals surface area contributed by atoms with Crippen molar-refractivity contribution in [1.82, 2.24) is 19.5 Å². The summed E-state index contributed by atoms with van der Waals surface area (Å²) in [7, 11) is 0. The summed E-state index contributed by atoms with van der Waals surface area (Å²) >= 11 is 0. The lowest BCUT2D eigenvalue weighted by atomic mass is 9.98. The van der Waals surface area contributed by atoms with Crippen LogP contribution in [0.3, 0.4) is 0 Å². The number of amides is 2. The fourth-order valence-corrected chi connectivity index (χ4v) is 5.31. The van der Waals surface area contributed by atoms with Crippen molar-refractivity contribution in [3.63, 3.8) is 0 Å². The normalized spacial score (nSPS) is 21.8. The van der Waals surface area contributed by atoms with E-state index < -0.39 is 28.9 Å². The van der Waals surface area contributed by atoms with Crippen molar-refractivity contribution in [2.24, 2.45) is 0 Å². The van der Waals surface area contributed by atoms with E-state index in [0.717, 1.165) is 18.6 Å². The molecule has 4 heterocycles. The number of aromatic nitrogens is 3. The van der Waals surface area contributed by atoms with E-state index in [1.165, 1.54) is 21.7 Å². The summed E-state index contributed by atoms with van der Waals surface area (Å²) in [5.74, 6) is -0.731. The molecule has 1 N–H and O–H groups in total. The third-order valence-corrected chi connectivity index (χ3v) is 7.21. The first kappa shape index (κ1) is 25.9. The van der Waals surface area contributed by atoms with Crippen LogP contribution < -0.4 is 10.2 Å². The van der Waals surface area contributed by atoms with Crippen molar-refractivity contribution >= 4 is 29.2 Å². The second-order valence-corrected chi connectivity index (χ2v) is 11.1. The molecule has 2 aliphatic heterocycles. The fourth-order valence-electron chi connectivity index (χ4n) is 5.31. The van der Waals surface area contributed by atoms with Gasteiger partial charge in [-0.2, -0.15) is 5.10 Å². The minimum Gasteiger partial charge on any atom is -0.444 e. The van der Waals surface area contributed by atoms with Crippen LogP contribution in [0.4, 0.5) is 25.1 Å². The number of carbonyl (C=O) groups excluding carboxylic acids is 2. The van der Waals surface area contributed by atoms with Gasteiger partial charge >= 0.3 is 6.09 Å². The first-order valence-corrected chi connectivity index (χ1v) is 12.8. The first-order valence-electron chi connectivity index (χ1n) is 12.8. The van der Waals surface area contributed by atoms with Crippen LogP contribution >= 0.6 is 0 Å². The zero-order valence-electron chi connectivity index (χ0n) is 22.0. The van der Waals surface area contributed by atoms with Crippen LogP contribution in [0.1, 0.15) is 65.0 Å². The van der Waals surface area contributed by atoms with E-state index in [1.54, 1.807) is 40.0 Å². The summed E-state index contributed by atoms with van der Waals surface area (Å²) in [6.07, 6.45) is 5.32. The summed E-state index contributed by atoms with van der Waals surface area (Å²) < 4.78 is 35.5. The Bertz CT molecular complexity index is 1390. The van der Waals surface area contributed by atoms with Gasteiger partial charge in [0.2, 0.25) is 5.91 Å². The van der Waals surface area contributed by atoms with Gasteiger partial charge in [-0.25, -0.2) is 23.1 Å². The fraction of sp³-hybridized carbons (Fsp3) is 0.481. The van der Waals surface area contributed by atoms with Crippen molar-refractivity contribution < 1.29 is 23.1 Å². The molecule has 2 aliphatic rings. The third kappa shape index (κ3) is 4.77. The van der Waals surface area contributed by atoms with Crippen LogP contribution in [0.5, 0.6) is 0 Å². The number of halogens is 2. The van der Waals surface area contributed by atoms with E-state index in [1.807, 2.05) is 4.90 Å². The number of nitrogens with one attached hydrogen (secondary N) is 1. The average molecular weight is 527 g/mol. The Morgan fingerprint density at radius 1 is 1.16 bits per heavy atom. The van der Waals surface area contributed by atoms with Gasteiger partial charge in [0.15, 0.2) is 5.65 Å². The molecule has 38 heavy (non-hydrogen) atoms. The Labute approximate surface area is 219 Å². The predicted octanol–water partition coefficient (Wildman–Crippen LogP) is 5.08. The van der Waals surface area contributed by atoms with Crippen molar-refractivity contribution in [1.29, 1.82) is 0 Å². The van der Waals surface area contributed by atoms with Gasteiger partial charge in [-0.3, -0.25) is 9.69 Å². The number of hydrogen-bond donors (Lipinski definition) is 1. The first-order chi connectivity index (χ1) is 18.0. The largest absolute Gasteiger partial charge is 0.444 e. The second-order valence-electron chi connectivity index (χ2n) is 11.1. The number of likely N-dealkylation sites (tertiary alicyclic amines) is 1. The molecule has 2 aromatic heterocycles. The minimum atomic E-state index is -1.09. The van der Waals surface area contributed by atoms with E-state index in [-0.39, 0.29) is 11.9 Å². The SMILES string of the molecule is CC(C)(C)OC(=O)N1CCC[C@]1(C)C(=O)Nc1cnn2ccc(N3CCC[C@@H]3c3cc(F)ccc3F)nc12. The third-order valence-electron chi connectivity index (χ3n) is 7.21. The van der Waals surface area contributed by atoms with Gasteiger partial charge in [0, 0.05) is 24.8 Å². The molecule has 202 valence electrons. The lowest BCUT2D eigenvalue weighted by Gasteiger charge is -2.35. The van der Waals surface area contributed by atoms with Gasteiger partial charge < -0.3 is 15.0 Å². The summed E-state index contributed by atoms with van der Waals surface area (Å²) in [5, 5.41) is 7.21. The smallest absolute Gasteiger partial charge is 0.411 e. The maximum absolute atomic E-state index is 14.6. The van der Waals surface area contributed by atoms with E-state index in [4.69, 9.17) is 9.72 Å². The maximum Gasteiger partial charge on any atom is 0.411 e. The van der Waals surface area contributed by atoms with Crippen LogP contribution in [-0.4, -0.2) is 55.7 Å². The van der Waals surface area contributed by atoms with E-state index >= 15 is 0 Å². The van der Waals surface area contributed by atoms with Crippen molar-refractivity contribution in [3.8, 4) is 0 Å². The topological polar surface area (TPSA) is 92.1 Å². The molecule has 2 saturated heterocycles. The highest BCUT2D eigenvalue weighted by atomic mass is 19.1. The number of carbonyl (C=O) groups is 2. The number of rotatable bonds is 4. The van der Waals surface area contributed by atoms with Crippen LogP contribution in [-0.2, 0) is 9.53 Å². The van der Waals surface area contributed by atoms with Crippen LogP contribution in [0.15, 0.2) is 36.7 Å². The Morgan fingerprint density at radius 3 is 2.71 bits per heavy atom. The van der Waals surface area contributed by atoms with Crippen LogP contribution in [0.2, 0.25) is 0 Å². The quantitative estimate of drug-likeness (QED) is 0.510. The zero-order chi connectivity index (χ0) is 27.2. The molecule has 0 radical (unpaired) electrons. The Hall–Kier alpha value is -3.76. The number of hydrogen-bond acceptors (Lipinski definition) is 6. The number of fused-ring (bicyclic) bond motifs is 1. The summed E-state index contributed by atoms with van der Waals surface area (Å²) in [4.78, 5) is 34.5. The molecule has 0 saturated carbocycles. The maximum atomic E-state index is 14.6. The van der Waals surface area contributed by atoms with E-state index in [0.29, 0.717) is 55.1 Å². The highest BCUT2D eigenvalue weighted by Crippen LogP contribution is 2.37. The highest BCUT2D eigenvalue weighted by molar-refractivity contribution is 6.02. The molecular weight excluding hydrogens is 494 g/mol. The van der Waals surface area contributed by atoms with Gasteiger partial charge in [-0.15, -0.1) is 0 Å². The molecule has 9 nitrogen and oxygen atoms in total. The summed E-state index contributed by atoms with van der Waals surface area (Å²) in [6.45, 7) is 8.13.